The van der Waals surface area contributed by atoms with Gasteiger partial charge in [0, 0.05) is 11.1 Å². The summed E-state index contributed by atoms with van der Waals surface area (Å²) in [6.45, 7) is 18.8. The van der Waals surface area contributed by atoms with Gasteiger partial charge in [-0.25, -0.2) is 0 Å². The summed E-state index contributed by atoms with van der Waals surface area (Å²) in [5.74, 6) is 0.388. The van der Waals surface area contributed by atoms with Crippen LogP contribution in [0.1, 0.15) is 49.9 Å². The maximum Gasteiger partial charge on any atom is 0.270 e. The Balaban J connectivity index is 0.00000352. The molecule has 0 saturated carbocycles. The molecule has 1 nitrogen and oxygen atoms in total. The van der Waals surface area contributed by atoms with E-state index in [1.54, 1.807) is 12.2 Å². The fourth-order valence-corrected chi connectivity index (χ4v) is 3.32. The molecule has 0 atom stereocenters. The van der Waals surface area contributed by atoms with Gasteiger partial charge in [-0.3, -0.25) is 0 Å². The molecule has 2 aromatic rings. The average molecular weight is 507 g/mol. The van der Waals surface area contributed by atoms with Crippen LogP contribution in [-0.4, -0.2) is 0 Å². The van der Waals surface area contributed by atoms with E-state index in [1.165, 1.54) is 0 Å². The largest absolute Gasteiger partial charge is 0.431 e. The molecule has 0 aromatic heterocycles. The first kappa shape index (κ1) is 31.6. The number of hydrogen-bond donors (Lipinski definition) is 0. The number of hydrogen-bond acceptors (Lipinski definition) is 1. The molecule has 0 saturated heterocycles. The van der Waals surface area contributed by atoms with Gasteiger partial charge in [-0.15, -0.1) is 0 Å². The molecule has 2 heteroatoms. The zero-order valence-corrected chi connectivity index (χ0v) is 23.0. The second-order valence-corrected chi connectivity index (χ2v) is 7.68. The maximum atomic E-state index is 13.9. The summed E-state index contributed by atoms with van der Waals surface area (Å²) >= 11 is 0. The zero-order valence-electron chi connectivity index (χ0n) is 23.0. The van der Waals surface area contributed by atoms with E-state index < -0.39 is 6.01 Å². The lowest BCUT2D eigenvalue weighted by Gasteiger charge is -2.12. The van der Waals surface area contributed by atoms with Crippen LogP contribution in [0, 0.1) is 0 Å². The highest BCUT2D eigenvalue weighted by Crippen LogP contribution is 2.32. The van der Waals surface area contributed by atoms with Gasteiger partial charge in [-0.05, 0) is 54.8 Å². The average Bonchev–Trinajstić information content (AvgIpc) is 2.93. The predicted molar refractivity (Wildman–Crippen MR) is 168 cm³/mol. The normalized spacial score (nSPS) is 12.4. The summed E-state index contributed by atoms with van der Waals surface area (Å²) in [4.78, 5) is 0. The van der Waals surface area contributed by atoms with E-state index in [-0.39, 0.29) is 0 Å². The summed E-state index contributed by atoms with van der Waals surface area (Å²) in [5, 5.41) is 0. The third kappa shape index (κ3) is 11.5. The maximum absolute atomic E-state index is 13.9. The second-order valence-electron chi connectivity index (χ2n) is 7.68. The molecule has 0 radical (unpaired) electrons. The Kier molecular flexibility index (Phi) is 15.6. The third-order valence-electron chi connectivity index (χ3n) is 4.99. The van der Waals surface area contributed by atoms with Crippen LogP contribution in [0.15, 0.2) is 140 Å². The Morgan fingerprint density at radius 1 is 0.763 bits per heavy atom. The van der Waals surface area contributed by atoms with Gasteiger partial charge < -0.3 is 4.74 Å². The standard InChI is InChI=1S/C34H33FO.C2H6/c1-6-10-16-28(9-4)19-20-31-25-32(23-21-29(14-7-2)15-8-3)34(36-27(5)35)33(26-31)24-22-30-17-12-11-13-18-30;1-2/h6-26H,1-2,5H2,3-4H3;1-2H3/b15-8-,16-10-,20-19+,23-21+,24-22+,28-9+,29-14+;. The Hall–Kier alpha value is -4.43. The molecular weight excluding hydrogens is 467 g/mol. The minimum Gasteiger partial charge on any atom is -0.431 e. The molecule has 0 aliphatic heterocycles. The molecule has 0 aliphatic carbocycles. The highest BCUT2D eigenvalue weighted by molar-refractivity contribution is 5.79. The summed E-state index contributed by atoms with van der Waals surface area (Å²) in [5.41, 5.74) is 5.39. The first-order valence-corrected chi connectivity index (χ1v) is 12.7. The predicted octanol–water partition coefficient (Wildman–Crippen LogP) is 11.1. The van der Waals surface area contributed by atoms with Crippen LogP contribution in [0.5, 0.6) is 5.75 Å². The molecule has 0 amide bonds. The molecule has 2 aromatic carbocycles. The van der Waals surface area contributed by atoms with Crippen molar-refractivity contribution in [2.45, 2.75) is 27.7 Å². The van der Waals surface area contributed by atoms with Crippen LogP contribution in [0.4, 0.5) is 4.39 Å². The van der Waals surface area contributed by atoms with Crippen molar-refractivity contribution in [2.24, 2.45) is 0 Å². The van der Waals surface area contributed by atoms with E-state index in [0.29, 0.717) is 11.3 Å². The van der Waals surface area contributed by atoms with E-state index in [9.17, 15) is 4.39 Å². The summed E-state index contributed by atoms with van der Waals surface area (Å²) < 4.78 is 19.4. The van der Waals surface area contributed by atoms with Crippen molar-refractivity contribution in [2.75, 3.05) is 0 Å². The highest BCUT2D eigenvalue weighted by Gasteiger charge is 2.11. The molecular formula is C36H39FO. The zero-order chi connectivity index (χ0) is 28.2. The Morgan fingerprint density at radius 2 is 1.42 bits per heavy atom. The number of allylic oxidation sites excluding steroid dienone is 12. The van der Waals surface area contributed by atoms with E-state index in [1.807, 2.05) is 143 Å². The first-order valence-electron chi connectivity index (χ1n) is 12.7. The number of benzene rings is 2. The fraction of sp³-hybridized carbons (Fsp3) is 0.111. The second kappa shape index (κ2) is 18.8. The van der Waals surface area contributed by atoms with E-state index in [4.69, 9.17) is 4.74 Å². The summed E-state index contributed by atoms with van der Waals surface area (Å²) in [6.07, 6.45) is 26.9. The van der Waals surface area contributed by atoms with Crippen LogP contribution in [-0.2, 0) is 0 Å². The molecule has 0 bridgehead atoms. The number of ether oxygens (including phenoxy) is 1. The minimum absolute atomic E-state index is 0.388. The molecule has 196 valence electrons. The topological polar surface area (TPSA) is 9.23 Å². The van der Waals surface area contributed by atoms with Gasteiger partial charge >= 0.3 is 0 Å². The highest BCUT2D eigenvalue weighted by atomic mass is 19.1. The number of rotatable bonds is 12. The lowest BCUT2D eigenvalue weighted by atomic mass is 10.00. The van der Waals surface area contributed by atoms with Gasteiger partial charge in [0.05, 0.1) is 0 Å². The lowest BCUT2D eigenvalue weighted by Crippen LogP contribution is -1.95. The molecule has 0 spiro atoms. The molecule has 0 unspecified atom stereocenters. The van der Waals surface area contributed by atoms with Crippen molar-refractivity contribution in [1.29, 1.82) is 0 Å². The minimum atomic E-state index is -0.872. The third-order valence-corrected chi connectivity index (χ3v) is 4.99. The van der Waals surface area contributed by atoms with Gasteiger partial charge in [0.15, 0.2) is 0 Å². The van der Waals surface area contributed by atoms with Gasteiger partial charge in [0.25, 0.3) is 6.01 Å². The van der Waals surface area contributed by atoms with Crippen molar-refractivity contribution in [1.82, 2.24) is 0 Å². The van der Waals surface area contributed by atoms with E-state index in [0.717, 1.165) is 27.8 Å². The van der Waals surface area contributed by atoms with Gasteiger partial charge in [-0.1, -0.05) is 142 Å². The quantitative estimate of drug-likeness (QED) is 0.158. The van der Waals surface area contributed by atoms with Crippen LogP contribution >= 0.6 is 0 Å². The Bertz CT molecular complexity index is 1260. The SMILES string of the molecule is C=C\C=C/C(/C=C/c1cc(/C=C/C(/C=C\C)=C/C=C)c(OC(=C)F)c(/C=C/c2ccccc2)c1)=C\C.CC. The summed E-state index contributed by atoms with van der Waals surface area (Å²) in [6, 6.07) is 13.0. The molecule has 38 heavy (non-hydrogen) atoms. The number of halogens is 1. The fourth-order valence-electron chi connectivity index (χ4n) is 3.32. The lowest BCUT2D eigenvalue weighted by molar-refractivity contribution is 0.304. The van der Waals surface area contributed by atoms with Crippen molar-refractivity contribution in [3.8, 4) is 5.75 Å². The first-order chi connectivity index (χ1) is 18.5. The smallest absolute Gasteiger partial charge is 0.270 e. The van der Waals surface area contributed by atoms with Crippen LogP contribution in [0.2, 0.25) is 0 Å². The molecule has 0 heterocycles. The van der Waals surface area contributed by atoms with E-state index >= 15 is 0 Å². The molecule has 0 N–H and O–H groups in total. The van der Waals surface area contributed by atoms with Crippen LogP contribution < -0.4 is 4.74 Å². The molecule has 2 rings (SSSR count). The van der Waals surface area contributed by atoms with Crippen LogP contribution in [0.25, 0.3) is 24.3 Å². The molecule has 0 aliphatic rings. The monoisotopic (exact) mass is 506 g/mol. The van der Waals surface area contributed by atoms with Crippen LogP contribution in [0.3, 0.4) is 0 Å². The summed E-state index contributed by atoms with van der Waals surface area (Å²) in [7, 11) is 0. The van der Waals surface area contributed by atoms with Gasteiger partial charge in [0.2, 0.25) is 0 Å². The van der Waals surface area contributed by atoms with E-state index in [2.05, 4.69) is 19.7 Å². The Morgan fingerprint density at radius 3 is 2.00 bits per heavy atom. The molecule has 0 fully saturated rings. The Labute approximate surface area is 229 Å². The van der Waals surface area contributed by atoms with Crippen molar-refractivity contribution >= 4 is 24.3 Å². The van der Waals surface area contributed by atoms with Crippen molar-refractivity contribution < 1.29 is 9.13 Å². The van der Waals surface area contributed by atoms with Crippen molar-refractivity contribution in [3.05, 3.63) is 162 Å². The van der Waals surface area contributed by atoms with Gasteiger partial charge in [0.1, 0.15) is 5.75 Å². The van der Waals surface area contributed by atoms with Gasteiger partial charge in [-0.2, -0.15) is 4.39 Å². The van der Waals surface area contributed by atoms with Crippen molar-refractivity contribution in [3.63, 3.8) is 0 Å².